The van der Waals surface area contributed by atoms with Gasteiger partial charge < -0.3 is 10.2 Å². The smallest absolute Gasteiger partial charge is 0.224 e. The summed E-state index contributed by atoms with van der Waals surface area (Å²) in [6, 6.07) is 8.26. The van der Waals surface area contributed by atoms with Gasteiger partial charge in [0.25, 0.3) is 0 Å². The maximum absolute atomic E-state index is 4.70. The van der Waals surface area contributed by atoms with Crippen LogP contribution in [-0.4, -0.2) is 30.1 Å². The molecule has 3 rings (SSSR count). The van der Waals surface area contributed by atoms with Gasteiger partial charge in [0.1, 0.15) is 5.82 Å². The molecule has 1 atom stereocenters. The van der Waals surface area contributed by atoms with Gasteiger partial charge >= 0.3 is 0 Å². The first-order chi connectivity index (χ1) is 9.69. The topological polar surface area (TPSA) is 41.1 Å². The van der Waals surface area contributed by atoms with Gasteiger partial charge in [0.15, 0.2) is 0 Å². The van der Waals surface area contributed by atoms with Gasteiger partial charge in [0.05, 0.1) is 5.52 Å². The average Bonchev–Trinajstić information content (AvgIpc) is 2.96. The van der Waals surface area contributed by atoms with E-state index in [1.807, 2.05) is 13.1 Å². The zero-order valence-corrected chi connectivity index (χ0v) is 12.4. The van der Waals surface area contributed by atoms with Crippen LogP contribution in [0.1, 0.15) is 20.3 Å². The Kier molecular flexibility index (Phi) is 3.47. The SMILES string of the molecule is CNc1nc(N2CCC(C(C)C)C2)c2ccccc2n1. The molecule has 1 fully saturated rings. The standard InChI is InChI=1S/C16H22N4/c1-11(2)12-8-9-20(10-12)15-13-6-4-5-7-14(13)18-16(17-3)19-15/h4-7,11-12H,8-10H2,1-3H3,(H,17,18,19). The lowest BCUT2D eigenvalue weighted by Crippen LogP contribution is -2.23. The minimum Gasteiger partial charge on any atom is -0.357 e. The molecule has 20 heavy (non-hydrogen) atoms. The van der Waals surface area contributed by atoms with E-state index in [1.165, 1.54) is 6.42 Å². The molecular formula is C16H22N4. The van der Waals surface area contributed by atoms with Crippen LogP contribution in [0.3, 0.4) is 0 Å². The second kappa shape index (κ2) is 5.27. The summed E-state index contributed by atoms with van der Waals surface area (Å²) in [6.07, 6.45) is 1.25. The van der Waals surface area contributed by atoms with Gasteiger partial charge in [-0.25, -0.2) is 4.98 Å². The normalized spacial score (nSPS) is 19.0. The van der Waals surface area contributed by atoms with Gasteiger partial charge in [0.2, 0.25) is 5.95 Å². The molecule has 1 aliphatic heterocycles. The lowest BCUT2D eigenvalue weighted by Gasteiger charge is -2.21. The number of nitrogens with zero attached hydrogens (tertiary/aromatic N) is 3. The quantitative estimate of drug-likeness (QED) is 0.930. The van der Waals surface area contributed by atoms with Crippen molar-refractivity contribution in [2.75, 3.05) is 30.4 Å². The van der Waals surface area contributed by atoms with Crippen molar-refractivity contribution in [3.63, 3.8) is 0 Å². The zero-order chi connectivity index (χ0) is 14.1. The number of para-hydroxylation sites is 1. The Bertz CT molecular complexity index is 608. The average molecular weight is 270 g/mol. The van der Waals surface area contributed by atoms with Gasteiger partial charge in [-0.1, -0.05) is 26.0 Å². The van der Waals surface area contributed by atoms with Crippen LogP contribution in [0.2, 0.25) is 0 Å². The van der Waals surface area contributed by atoms with Gasteiger partial charge in [-0.05, 0) is 30.4 Å². The predicted molar refractivity (Wildman–Crippen MR) is 84.2 cm³/mol. The summed E-state index contributed by atoms with van der Waals surface area (Å²) in [4.78, 5) is 11.6. The van der Waals surface area contributed by atoms with Crippen LogP contribution in [0, 0.1) is 11.8 Å². The Morgan fingerprint density at radius 3 is 2.75 bits per heavy atom. The van der Waals surface area contributed by atoms with E-state index in [2.05, 4.69) is 47.2 Å². The third-order valence-corrected chi connectivity index (χ3v) is 4.27. The molecule has 4 nitrogen and oxygen atoms in total. The van der Waals surface area contributed by atoms with Crippen LogP contribution in [-0.2, 0) is 0 Å². The van der Waals surface area contributed by atoms with E-state index in [4.69, 9.17) is 4.98 Å². The highest BCUT2D eigenvalue weighted by atomic mass is 15.2. The monoisotopic (exact) mass is 270 g/mol. The molecule has 1 aromatic heterocycles. The fraction of sp³-hybridized carbons (Fsp3) is 0.500. The van der Waals surface area contributed by atoms with Gasteiger partial charge in [-0.2, -0.15) is 4.98 Å². The molecule has 1 unspecified atom stereocenters. The highest BCUT2D eigenvalue weighted by Crippen LogP contribution is 2.31. The number of fused-ring (bicyclic) bond motifs is 1. The van der Waals surface area contributed by atoms with E-state index in [0.29, 0.717) is 5.95 Å². The van der Waals surface area contributed by atoms with Gasteiger partial charge in [0, 0.05) is 25.5 Å². The molecule has 1 aliphatic rings. The molecular weight excluding hydrogens is 248 g/mol. The molecule has 2 heterocycles. The van der Waals surface area contributed by atoms with Crippen LogP contribution in [0.4, 0.5) is 11.8 Å². The van der Waals surface area contributed by atoms with E-state index in [1.54, 1.807) is 0 Å². The summed E-state index contributed by atoms with van der Waals surface area (Å²) in [5.74, 6) is 3.27. The maximum Gasteiger partial charge on any atom is 0.224 e. The van der Waals surface area contributed by atoms with Crippen LogP contribution in [0.25, 0.3) is 10.9 Å². The van der Waals surface area contributed by atoms with Crippen molar-refractivity contribution in [1.29, 1.82) is 0 Å². The van der Waals surface area contributed by atoms with Crippen molar-refractivity contribution >= 4 is 22.7 Å². The first-order valence-electron chi connectivity index (χ1n) is 7.38. The fourth-order valence-corrected chi connectivity index (χ4v) is 2.94. The first-order valence-corrected chi connectivity index (χ1v) is 7.38. The number of hydrogen-bond acceptors (Lipinski definition) is 4. The number of nitrogens with one attached hydrogen (secondary N) is 1. The summed E-state index contributed by atoms with van der Waals surface area (Å²) in [5.41, 5.74) is 1.01. The number of rotatable bonds is 3. The van der Waals surface area contributed by atoms with E-state index in [-0.39, 0.29) is 0 Å². The van der Waals surface area contributed by atoms with Crippen molar-refractivity contribution < 1.29 is 0 Å². The van der Waals surface area contributed by atoms with Crippen molar-refractivity contribution in [2.45, 2.75) is 20.3 Å². The molecule has 0 saturated carbocycles. The summed E-state index contributed by atoms with van der Waals surface area (Å²) in [7, 11) is 1.87. The zero-order valence-electron chi connectivity index (χ0n) is 12.4. The lowest BCUT2D eigenvalue weighted by atomic mass is 9.95. The minimum absolute atomic E-state index is 0.701. The molecule has 1 N–H and O–H groups in total. The Balaban J connectivity index is 2.02. The minimum atomic E-state index is 0.701. The molecule has 2 aromatic rings. The molecule has 0 spiro atoms. The third kappa shape index (κ3) is 2.30. The van der Waals surface area contributed by atoms with Crippen molar-refractivity contribution in [2.24, 2.45) is 11.8 Å². The predicted octanol–water partition coefficient (Wildman–Crippen LogP) is 3.15. The second-order valence-corrected chi connectivity index (χ2v) is 5.88. The molecule has 0 bridgehead atoms. The highest BCUT2D eigenvalue weighted by molar-refractivity contribution is 5.90. The Morgan fingerprint density at radius 2 is 2.05 bits per heavy atom. The molecule has 0 aliphatic carbocycles. The van der Waals surface area contributed by atoms with Crippen LogP contribution in [0.5, 0.6) is 0 Å². The number of aromatic nitrogens is 2. The van der Waals surface area contributed by atoms with E-state index in [0.717, 1.165) is 41.6 Å². The number of benzene rings is 1. The maximum atomic E-state index is 4.70. The van der Waals surface area contributed by atoms with Gasteiger partial charge in [-0.15, -0.1) is 0 Å². The number of hydrogen-bond donors (Lipinski definition) is 1. The van der Waals surface area contributed by atoms with E-state index < -0.39 is 0 Å². The molecule has 0 radical (unpaired) electrons. The van der Waals surface area contributed by atoms with Crippen molar-refractivity contribution in [3.05, 3.63) is 24.3 Å². The van der Waals surface area contributed by atoms with Crippen LogP contribution in [0.15, 0.2) is 24.3 Å². The van der Waals surface area contributed by atoms with Crippen LogP contribution < -0.4 is 10.2 Å². The van der Waals surface area contributed by atoms with Crippen LogP contribution >= 0.6 is 0 Å². The summed E-state index contributed by atoms with van der Waals surface area (Å²) >= 11 is 0. The molecule has 4 heteroatoms. The Hall–Kier alpha value is -1.84. The van der Waals surface area contributed by atoms with Gasteiger partial charge in [-0.3, -0.25) is 0 Å². The Morgan fingerprint density at radius 1 is 1.25 bits per heavy atom. The Labute approximate surface area is 120 Å². The second-order valence-electron chi connectivity index (χ2n) is 5.88. The first kappa shape index (κ1) is 13.2. The van der Waals surface area contributed by atoms with E-state index in [9.17, 15) is 0 Å². The summed E-state index contributed by atoms with van der Waals surface area (Å²) in [5, 5.41) is 4.22. The molecule has 1 saturated heterocycles. The molecule has 106 valence electrons. The third-order valence-electron chi connectivity index (χ3n) is 4.27. The molecule has 0 amide bonds. The number of anilines is 2. The van der Waals surface area contributed by atoms with Crippen molar-refractivity contribution in [3.8, 4) is 0 Å². The fourth-order valence-electron chi connectivity index (χ4n) is 2.94. The van der Waals surface area contributed by atoms with E-state index >= 15 is 0 Å². The van der Waals surface area contributed by atoms with Crippen molar-refractivity contribution in [1.82, 2.24) is 9.97 Å². The highest BCUT2D eigenvalue weighted by Gasteiger charge is 2.27. The molecule has 1 aromatic carbocycles. The lowest BCUT2D eigenvalue weighted by molar-refractivity contribution is 0.422. The summed E-state index contributed by atoms with van der Waals surface area (Å²) < 4.78 is 0. The summed E-state index contributed by atoms with van der Waals surface area (Å²) in [6.45, 7) is 6.81. The largest absolute Gasteiger partial charge is 0.357 e.